The average molecular weight is 303 g/mol. The van der Waals surface area contributed by atoms with Gasteiger partial charge in [0.25, 0.3) is 0 Å². The third kappa shape index (κ3) is 2.97. The minimum atomic E-state index is -3.34. The number of hydrogen-bond acceptors (Lipinski definition) is 3. The van der Waals surface area contributed by atoms with Crippen molar-refractivity contribution < 1.29 is 13.2 Å². The molecule has 0 atom stereocenters. The van der Waals surface area contributed by atoms with Gasteiger partial charge in [-0.2, -0.15) is 0 Å². The van der Waals surface area contributed by atoms with Gasteiger partial charge >= 0.3 is 6.03 Å². The number of para-hydroxylation sites is 2. The minimum absolute atomic E-state index is 0.0713. The van der Waals surface area contributed by atoms with Crippen molar-refractivity contribution in [2.45, 2.75) is 5.75 Å². The lowest BCUT2D eigenvalue weighted by atomic mass is 10.2. The number of urea groups is 1. The Hall–Kier alpha value is -2.54. The standard InChI is InChI=1S/C14H13N3O3S/c18-14(15-11-6-2-1-3-7-11)16-12-8-4-5-10-9-21(19,20)17-13(10)12/h1-8,17H,9H2,(H2,15,16,18). The van der Waals surface area contributed by atoms with E-state index in [0.717, 1.165) is 0 Å². The third-order valence-electron chi connectivity index (χ3n) is 3.03. The average Bonchev–Trinajstić information content (AvgIpc) is 2.75. The molecule has 2 aromatic rings. The van der Waals surface area contributed by atoms with Crippen LogP contribution in [0, 0.1) is 0 Å². The molecular weight excluding hydrogens is 290 g/mol. The number of carbonyl (C=O) groups excluding carboxylic acids is 1. The molecule has 1 heterocycles. The van der Waals surface area contributed by atoms with Gasteiger partial charge in [0.15, 0.2) is 0 Å². The predicted octanol–water partition coefficient (Wildman–Crippen LogP) is 2.59. The van der Waals surface area contributed by atoms with Gasteiger partial charge < -0.3 is 10.6 Å². The van der Waals surface area contributed by atoms with Crippen LogP contribution in [0.2, 0.25) is 0 Å². The van der Waals surface area contributed by atoms with Crippen molar-refractivity contribution in [1.82, 2.24) is 0 Å². The summed E-state index contributed by atoms with van der Waals surface area (Å²) >= 11 is 0. The van der Waals surface area contributed by atoms with Crippen LogP contribution in [0.25, 0.3) is 0 Å². The first-order valence-corrected chi connectivity index (χ1v) is 7.94. The van der Waals surface area contributed by atoms with Crippen LogP contribution in [0.1, 0.15) is 5.56 Å². The fraction of sp³-hybridized carbons (Fsp3) is 0.0714. The van der Waals surface area contributed by atoms with Gasteiger partial charge in [-0.25, -0.2) is 13.2 Å². The Bertz CT molecular complexity index is 788. The summed E-state index contributed by atoms with van der Waals surface area (Å²) in [6.07, 6.45) is 0. The molecule has 0 spiro atoms. The van der Waals surface area contributed by atoms with E-state index < -0.39 is 16.1 Å². The lowest BCUT2D eigenvalue weighted by Gasteiger charge is -2.10. The van der Waals surface area contributed by atoms with Crippen molar-refractivity contribution in [1.29, 1.82) is 0 Å². The van der Waals surface area contributed by atoms with Gasteiger partial charge in [0.05, 0.1) is 17.1 Å². The Morgan fingerprint density at radius 3 is 2.52 bits per heavy atom. The number of amides is 2. The smallest absolute Gasteiger partial charge is 0.308 e. The second-order valence-corrected chi connectivity index (χ2v) is 6.37. The van der Waals surface area contributed by atoms with Gasteiger partial charge in [-0.3, -0.25) is 4.72 Å². The van der Waals surface area contributed by atoms with Crippen LogP contribution in [0.3, 0.4) is 0 Å². The molecule has 1 aliphatic heterocycles. The maximum absolute atomic E-state index is 11.9. The molecule has 3 N–H and O–H groups in total. The van der Waals surface area contributed by atoms with E-state index in [0.29, 0.717) is 22.6 Å². The molecule has 0 saturated carbocycles. The van der Waals surface area contributed by atoms with Crippen molar-refractivity contribution >= 4 is 33.1 Å². The summed E-state index contributed by atoms with van der Waals surface area (Å²) in [4.78, 5) is 11.9. The normalized spacial score (nSPS) is 14.9. The van der Waals surface area contributed by atoms with E-state index >= 15 is 0 Å². The molecule has 108 valence electrons. The van der Waals surface area contributed by atoms with Crippen LogP contribution < -0.4 is 15.4 Å². The maximum Gasteiger partial charge on any atom is 0.323 e. The van der Waals surface area contributed by atoms with Crippen molar-refractivity contribution in [3.8, 4) is 0 Å². The van der Waals surface area contributed by atoms with Gasteiger partial charge in [-0.1, -0.05) is 30.3 Å². The van der Waals surface area contributed by atoms with Gasteiger partial charge in [0.1, 0.15) is 0 Å². The lowest BCUT2D eigenvalue weighted by molar-refractivity contribution is 0.262. The van der Waals surface area contributed by atoms with E-state index in [2.05, 4.69) is 15.4 Å². The zero-order valence-corrected chi connectivity index (χ0v) is 11.8. The zero-order chi connectivity index (χ0) is 14.9. The molecule has 0 radical (unpaired) electrons. The first kappa shape index (κ1) is 13.4. The highest BCUT2D eigenvalue weighted by Gasteiger charge is 2.26. The fourth-order valence-corrected chi connectivity index (χ4v) is 3.42. The summed E-state index contributed by atoms with van der Waals surface area (Å²) in [6, 6.07) is 13.6. The molecule has 7 heteroatoms. The molecule has 0 bridgehead atoms. The van der Waals surface area contributed by atoms with Crippen LogP contribution in [0.5, 0.6) is 0 Å². The van der Waals surface area contributed by atoms with Crippen molar-refractivity contribution in [2.75, 3.05) is 15.4 Å². The molecule has 0 fully saturated rings. The number of rotatable bonds is 2. The second kappa shape index (κ2) is 5.10. The summed E-state index contributed by atoms with van der Waals surface area (Å²) in [7, 11) is -3.34. The minimum Gasteiger partial charge on any atom is -0.308 e. The quantitative estimate of drug-likeness (QED) is 0.797. The summed E-state index contributed by atoms with van der Waals surface area (Å²) in [5.41, 5.74) is 2.17. The number of nitrogens with one attached hydrogen (secondary N) is 3. The lowest BCUT2D eigenvalue weighted by Crippen LogP contribution is -2.20. The molecule has 21 heavy (non-hydrogen) atoms. The van der Waals surface area contributed by atoms with E-state index in [9.17, 15) is 13.2 Å². The molecule has 0 aromatic heterocycles. The Kier molecular flexibility index (Phi) is 3.26. The number of sulfonamides is 1. The first-order chi connectivity index (χ1) is 10.0. The van der Waals surface area contributed by atoms with Crippen molar-refractivity contribution in [3.05, 3.63) is 54.1 Å². The molecule has 2 aromatic carbocycles. The zero-order valence-electron chi connectivity index (χ0n) is 11.0. The number of hydrogen-bond donors (Lipinski definition) is 3. The monoisotopic (exact) mass is 303 g/mol. The fourth-order valence-electron chi connectivity index (χ4n) is 2.15. The Morgan fingerprint density at radius 2 is 1.76 bits per heavy atom. The van der Waals surface area contributed by atoms with Gasteiger partial charge in [0, 0.05) is 5.69 Å². The van der Waals surface area contributed by atoms with Crippen LogP contribution in [0.4, 0.5) is 21.9 Å². The first-order valence-electron chi connectivity index (χ1n) is 6.29. The van der Waals surface area contributed by atoms with Crippen molar-refractivity contribution in [3.63, 3.8) is 0 Å². The molecule has 0 aliphatic carbocycles. The second-order valence-electron chi connectivity index (χ2n) is 4.65. The molecule has 1 aliphatic rings. The molecular formula is C14H13N3O3S. The van der Waals surface area contributed by atoms with Crippen LogP contribution in [0.15, 0.2) is 48.5 Å². The van der Waals surface area contributed by atoms with Gasteiger partial charge in [0.2, 0.25) is 10.0 Å². The topological polar surface area (TPSA) is 87.3 Å². The molecule has 2 amide bonds. The highest BCUT2D eigenvalue weighted by atomic mass is 32.2. The Morgan fingerprint density at radius 1 is 1.00 bits per heavy atom. The van der Waals surface area contributed by atoms with E-state index in [-0.39, 0.29) is 5.75 Å². The number of benzene rings is 2. The van der Waals surface area contributed by atoms with Crippen LogP contribution >= 0.6 is 0 Å². The molecule has 0 unspecified atom stereocenters. The molecule has 3 rings (SSSR count). The highest BCUT2D eigenvalue weighted by Crippen LogP contribution is 2.34. The molecule has 0 saturated heterocycles. The van der Waals surface area contributed by atoms with E-state index in [1.165, 1.54) is 0 Å². The van der Waals surface area contributed by atoms with Gasteiger partial charge in [-0.05, 0) is 23.8 Å². The SMILES string of the molecule is O=C(Nc1ccccc1)Nc1cccc2c1NS(=O)(=O)C2. The Balaban J connectivity index is 1.78. The predicted molar refractivity (Wildman–Crippen MR) is 81.8 cm³/mol. The summed E-state index contributed by atoms with van der Waals surface area (Å²) in [6.45, 7) is 0. The number of anilines is 3. The van der Waals surface area contributed by atoms with Gasteiger partial charge in [-0.15, -0.1) is 0 Å². The largest absolute Gasteiger partial charge is 0.323 e. The van der Waals surface area contributed by atoms with Crippen LogP contribution in [-0.4, -0.2) is 14.4 Å². The maximum atomic E-state index is 11.9. The number of fused-ring (bicyclic) bond motifs is 1. The van der Waals surface area contributed by atoms with Crippen molar-refractivity contribution in [2.24, 2.45) is 0 Å². The summed E-state index contributed by atoms with van der Waals surface area (Å²) in [5, 5.41) is 5.33. The summed E-state index contributed by atoms with van der Waals surface area (Å²) < 4.78 is 25.6. The molecule has 6 nitrogen and oxygen atoms in total. The third-order valence-corrected chi connectivity index (χ3v) is 4.24. The highest BCUT2D eigenvalue weighted by molar-refractivity contribution is 7.92. The number of carbonyl (C=O) groups is 1. The summed E-state index contributed by atoms with van der Waals surface area (Å²) in [5.74, 6) is -0.0713. The van der Waals surface area contributed by atoms with E-state index in [4.69, 9.17) is 0 Å². The van der Waals surface area contributed by atoms with E-state index in [1.807, 2.05) is 18.2 Å². The van der Waals surface area contributed by atoms with Crippen LogP contribution in [-0.2, 0) is 15.8 Å². The van der Waals surface area contributed by atoms with E-state index in [1.54, 1.807) is 30.3 Å². The Labute approximate surface area is 122 Å².